The molecule has 3 fully saturated rings. The summed E-state index contributed by atoms with van der Waals surface area (Å²) < 4.78 is 11.6. The van der Waals surface area contributed by atoms with Crippen molar-refractivity contribution in [3.63, 3.8) is 0 Å². The third kappa shape index (κ3) is 5.03. The summed E-state index contributed by atoms with van der Waals surface area (Å²) in [5, 5.41) is 70.3. The fourth-order valence-corrected chi connectivity index (χ4v) is 6.13. The second-order valence-electron chi connectivity index (χ2n) is 11.1. The Kier molecular flexibility index (Phi) is 7.94. The summed E-state index contributed by atoms with van der Waals surface area (Å²) in [5.74, 6) is 0.665. The van der Waals surface area contributed by atoms with Crippen LogP contribution in [0, 0.1) is 13.8 Å². The van der Waals surface area contributed by atoms with E-state index in [2.05, 4.69) is 18.2 Å². The highest BCUT2D eigenvalue weighted by Gasteiger charge is 2.45. The highest BCUT2D eigenvalue weighted by Crippen LogP contribution is 2.55. The lowest BCUT2D eigenvalue weighted by Crippen LogP contribution is -2.55. The monoisotopic (exact) mass is 530 g/mol. The highest BCUT2D eigenvalue weighted by molar-refractivity contribution is 5.44. The minimum atomic E-state index is -1.41. The second kappa shape index (κ2) is 10.9. The third-order valence-corrected chi connectivity index (χ3v) is 8.50. The van der Waals surface area contributed by atoms with E-state index in [1.807, 2.05) is 32.0 Å². The summed E-state index contributed by atoms with van der Waals surface area (Å²) >= 11 is 0. The van der Waals surface area contributed by atoms with E-state index in [4.69, 9.17) is 9.47 Å². The van der Waals surface area contributed by atoms with Gasteiger partial charge in [-0.3, -0.25) is 0 Å². The molecule has 0 amide bonds. The molecular formula is C29H38O9. The molecular weight excluding hydrogens is 492 g/mol. The molecule has 208 valence electrons. The summed E-state index contributed by atoms with van der Waals surface area (Å²) in [6.45, 7) is 3.13. The summed E-state index contributed by atoms with van der Waals surface area (Å²) in [7, 11) is 0. The van der Waals surface area contributed by atoms with Gasteiger partial charge >= 0.3 is 0 Å². The number of ether oxygens (including phenoxy) is 2. The lowest BCUT2D eigenvalue weighted by atomic mass is 9.88. The van der Waals surface area contributed by atoms with Crippen molar-refractivity contribution in [2.45, 2.75) is 93.5 Å². The van der Waals surface area contributed by atoms with E-state index in [0.29, 0.717) is 17.4 Å². The number of aryl methyl sites for hydroxylation is 2. The van der Waals surface area contributed by atoms with Crippen molar-refractivity contribution >= 4 is 0 Å². The first-order chi connectivity index (χ1) is 18.1. The minimum absolute atomic E-state index is 0.153. The molecule has 2 aromatic rings. The molecule has 2 heterocycles. The van der Waals surface area contributed by atoms with Crippen molar-refractivity contribution in [3.05, 3.63) is 69.8 Å². The fourth-order valence-electron chi connectivity index (χ4n) is 6.13. The van der Waals surface area contributed by atoms with Crippen LogP contribution in [0.5, 0.6) is 0 Å². The van der Waals surface area contributed by atoms with E-state index >= 15 is 0 Å². The molecule has 0 bridgehead atoms. The van der Waals surface area contributed by atoms with Crippen LogP contribution >= 0.6 is 0 Å². The van der Waals surface area contributed by atoms with Crippen LogP contribution in [-0.2, 0) is 9.47 Å². The van der Waals surface area contributed by atoms with Crippen LogP contribution in [0.3, 0.4) is 0 Å². The third-order valence-electron chi connectivity index (χ3n) is 8.50. The van der Waals surface area contributed by atoms with Crippen molar-refractivity contribution < 1.29 is 45.2 Å². The molecule has 5 rings (SSSR count). The maximum absolute atomic E-state index is 10.5. The summed E-state index contributed by atoms with van der Waals surface area (Å²) in [4.78, 5) is 0. The molecule has 2 saturated heterocycles. The average Bonchev–Trinajstić information content (AvgIpc) is 3.69. The molecule has 9 heteroatoms. The molecule has 2 aromatic carbocycles. The zero-order chi connectivity index (χ0) is 27.3. The Hall–Kier alpha value is -1.92. The molecule has 2 unspecified atom stereocenters. The van der Waals surface area contributed by atoms with Crippen molar-refractivity contribution in [1.82, 2.24) is 0 Å². The van der Waals surface area contributed by atoms with Crippen molar-refractivity contribution in [1.29, 1.82) is 0 Å². The van der Waals surface area contributed by atoms with Gasteiger partial charge < -0.3 is 45.2 Å². The van der Waals surface area contributed by atoms with Gasteiger partial charge in [0.05, 0.1) is 25.4 Å². The molecule has 3 aliphatic rings. The van der Waals surface area contributed by atoms with Crippen LogP contribution in [0.2, 0.25) is 0 Å². The van der Waals surface area contributed by atoms with E-state index in [1.54, 1.807) is 0 Å². The van der Waals surface area contributed by atoms with Gasteiger partial charge in [-0.25, -0.2) is 0 Å². The van der Waals surface area contributed by atoms with Crippen LogP contribution in [0.25, 0.3) is 0 Å². The van der Waals surface area contributed by atoms with Gasteiger partial charge in [0.15, 0.2) is 0 Å². The predicted molar refractivity (Wildman–Crippen MR) is 137 cm³/mol. The van der Waals surface area contributed by atoms with E-state index in [0.717, 1.165) is 28.7 Å². The lowest BCUT2D eigenvalue weighted by Gasteiger charge is -2.40. The number of hydrogen-bond acceptors (Lipinski definition) is 9. The number of aliphatic hydroxyl groups is 7. The van der Waals surface area contributed by atoms with Crippen molar-refractivity contribution in [3.8, 4) is 0 Å². The van der Waals surface area contributed by atoms with Gasteiger partial charge in [-0.1, -0.05) is 36.4 Å². The van der Waals surface area contributed by atoms with Crippen LogP contribution in [0.1, 0.15) is 70.3 Å². The molecule has 1 aliphatic carbocycles. The quantitative estimate of drug-likeness (QED) is 0.284. The molecule has 7 N–H and O–H groups in total. The largest absolute Gasteiger partial charge is 0.394 e. The lowest BCUT2D eigenvalue weighted by molar-refractivity contribution is -0.231. The molecule has 11 atom stereocenters. The molecule has 2 aliphatic heterocycles. The van der Waals surface area contributed by atoms with E-state index in [1.165, 1.54) is 5.56 Å². The maximum Gasteiger partial charge on any atom is 0.113 e. The normalized spacial score (nSPS) is 39.2. The van der Waals surface area contributed by atoms with Crippen LogP contribution in [-0.4, -0.2) is 91.7 Å². The number of aliphatic hydroxyl groups excluding tert-OH is 7. The van der Waals surface area contributed by atoms with Gasteiger partial charge in [-0.05, 0) is 65.5 Å². The smallest absolute Gasteiger partial charge is 0.113 e. The Labute approximate surface area is 221 Å². The Bertz CT molecular complexity index is 1140. The Morgan fingerprint density at radius 3 is 1.68 bits per heavy atom. The first kappa shape index (κ1) is 27.6. The fraction of sp³-hybridized carbons (Fsp3) is 0.586. The summed E-state index contributed by atoms with van der Waals surface area (Å²) in [6, 6.07) is 12.1. The zero-order valence-electron chi connectivity index (χ0n) is 21.6. The number of rotatable bonds is 6. The number of hydrogen-bond donors (Lipinski definition) is 7. The average molecular weight is 531 g/mol. The first-order valence-electron chi connectivity index (χ1n) is 13.3. The van der Waals surface area contributed by atoms with Gasteiger partial charge in [0.2, 0.25) is 0 Å². The van der Waals surface area contributed by atoms with Gasteiger partial charge in [-0.2, -0.15) is 0 Å². The Morgan fingerprint density at radius 1 is 0.632 bits per heavy atom. The summed E-state index contributed by atoms with van der Waals surface area (Å²) in [6.07, 6.45) is -7.84. The van der Waals surface area contributed by atoms with Crippen LogP contribution < -0.4 is 0 Å². The number of benzene rings is 2. The second-order valence-corrected chi connectivity index (χ2v) is 11.1. The molecule has 0 spiro atoms. The summed E-state index contributed by atoms with van der Waals surface area (Å²) in [5.41, 5.74) is 5.79. The van der Waals surface area contributed by atoms with Crippen molar-refractivity contribution in [2.75, 3.05) is 13.2 Å². The van der Waals surface area contributed by atoms with E-state index < -0.39 is 61.5 Å². The van der Waals surface area contributed by atoms with Crippen molar-refractivity contribution in [2.24, 2.45) is 0 Å². The SMILES string of the molecule is Cc1cc(C2CC2c2ccc([C@H]3O[C@H](CO)[C@@H](O)C[C@@H]3O)c(C)c2)ccc1[C@H]1O[C@H](CO)[C@@H](O)[C@H](O)[C@@H]1O. The molecule has 0 radical (unpaired) electrons. The Morgan fingerprint density at radius 2 is 1.16 bits per heavy atom. The zero-order valence-corrected chi connectivity index (χ0v) is 21.6. The molecule has 0 aromatic heterocycles. The van der Waals surface area contributed by atoms with Crippen LogP contribution in [0.15, 0.2) is 36.4 Å². The standard InChI is InChI=1S/C29H38O9/c1-13-7-15(3-5-17(13)28-22(33)10-21(32)23(11-30)37-28)19-9-20(19)16-4-6-18(14(2)8-16)29-27(36)26(35)25(34)24(12-31)38-29/h3-8,19-36H,9-12H2,1-2H3/t19?,20?,21-,22-,23+,24+,25+,26-,27-,28+,29+/m0/s1. The topological polar surface area (TPSA) is 160 Å². The molecule has 9 nitrogen and oxygen atoms in total. The Balaban J connectivity index is 1.29. The van der Waals surface area contributed by atoms with Crippen LogP contribution in [0.4, 0.5) is 0 Å². The van der Waals surface area contributed by atoms with E-state index in [9.17, 15) is 35.7 Å². The minimum Gasteiger partial charge on any atom is -0.394 e. The van der Waals surface area contributed by atoms with Gasteiger partial charge in [-0.15, -0.1) is 0 Å². The van der Waals surface area contributed by atoms with Gasteiger partial charge in [0.1, 0.15) is 42.7 Å². The molecule has 1 saturated carbocycles. The predicted octanol–water partition coefficient (Wildman–Crippen LogP) is 0.634. The van der Waals surface area contributed by atoms with E-state index in [-0.39, 0.29) is 13.0 Å². The first-order valence-corrected chi connectivity index (χ1v) is 13.3. The highest BCUT2D eigenvalue weighted by atomic mass is 16.5. The van der Waals surface area contributed by atoms with Gasteiger partial charge in [0, 0.05) is 6.42 Å². The molecule has 38 heavy (non-hydrogen) atoms. The maximum atomic E-state index is 10.5. The van der Waals surface area contributed by atoms with Gasteiger partial charge in [0.25, 0.3) is 0 Å².